The molecule has 8 aromatic carbocycles. The largest absolute Gasteiger partial charge is 0.324 e. The van der Waals surface area contributed by atoms with Crippen molar-refractivity contribution in [2.45, 2.75) is 96.7 Å². The maximum absolute atomic E-state index is 13.1. The summed E-state index contributed by atoms with van der Waals surface area (Å²) in [4.78, 5) is 108. The van der Waals surface area contributed by atoms with Gasteiger partial charge in [0.1, 0.15) is 0 Å². The Bertz CT molecular complexity index is 8050. The van der Waals surface area contributed by atoms with Crippen LogP contribution in [0, 0.1) is 5.92 Å². The molecule has 4 aliphatic rings. The van der Waals surface area contributed by atoms with Gasteiger partial charge in [-0.3, -0.25) is 98.9 Å². The quantitative estimate of drug-likeness (QED) is 0.0220. The van der Waals surface area contributed by atoms with E-state index in [0.717, 1.165) is 203 Å². The van der Waals surface area contributed by atoms with Gasteiger partial charge in [0.15, 0.2) is 22.8 Å². The summed E-state index contributed by atoms with van der Waals surface area (Å²) < 4.78 is 0. The molecule has 9 N–H and O–H groups in total. The number of aromatic nitrogens is 16. The molecular weight excluding hydrogens is 1850 g/mol. The molecule has 0 unspecified atom stereocenters. The minimum atomic E-state index is -0.329. The Balaban J connectivity index is 0.000000116. The fourth-order valence-corrected chi connectivity index (χ4v) is 18.7. The summed E-state index contributed by atoms with van der Waals surface area (Å²) in [5, 5.41) is 46.7. The van der Waals surface area contributed by atoms with Gasteiger partial charge in [0, 0.05) is 161 Å². The number of carbonyl (C=O) groups excluding carboxylic acids is 5. The average molecular weight is 1950 g/mol. The Morgan fingerprint density at radius 1 is 0.250 bits per heavy atom. The smallest absolute Gasteiger partial charge is 0.276 e. The molecule has 24 rings (SSSR count). The molecule has 0 radical (unpaired) electrons. The van der Waals surface area contributed by atoms with Gasteiger partial charge in [-0.1, -0.05) is 152 Å². The van der Waals surface area contributed by atoms with Crippen molar-refractivity contribution in [3.05, 3.63) is 426 Å². The molecule has 15 heterocycles. The lowest BCUT2D eigenvalue weighted by Crippen LogP contribution is -2.36. The molecule has 4 fully saturated rings. The number of piperidine rings is 1. The highest BCUT2D eigenvalue weighted by Gasteiger charge is 2.30. The molecule has 0 bridgehead atoms. The van der Waals surface area contributed by atoms with Crippen LogP contribution in [-0.2, 0) is 50.1 Å². The van der Waals surface area contributed by atoms with Crippen molar-refractivity contribution in [2.75, 3.05) is 65.9 Å². The van der Waals surface area contributed by atoms with E-state index in [-0.39, 0.29) is 41.1 Å². The zero-order chi connectivity index (χ0) is 100. The first-order chi connectivity index (χ1) is 72.7. The Morgan fingerprint density at radius 2 is 0.527 bits per heavy atom. The number of amides is 5. The number of pyridine rings is 8. The van der Waals surface area contributed by atoms with Crippen molar-refractivity contribution >= 4 is 102 Å². The third-order valence-electron chi connectivity index (χ3n) is 26.8. The first-order valence-corrected chi connectivity index (χ1v) is 50.2. The maximum Gasteiger partial charge on any atom is 0.276 e. The predicted octanol–water partition coefficient (Wildman–Crippen LogP) is 21.6. The van der Waals surface area contributed by atoms with Gasteiger partial charge in [-0.2, -0.15) is 20.4 Å². The lowest BCUT2D eigenvalue weighted by atomic mass is 10.0. The number of benzene rings is 8. The summed E-state index contributed by atoms with van der Waals surface area (Å²) in [6.07, 6.45) is 34.0. The van der Waals surface area contributed by atoms with Crippen molar-refractivity contribution in [1.29, 1.82) is 0 Å². The van der Waals surface area contributed by atoms with E-state index in [4.69, 9.17) is 0 Å². The maximum atomic E-state index is 13.1. The van der Waals surface area contributed by atoms with Crippen LogP contribution in [0.3, 0.4) is 0 Å². The van der Waals surface area contributed by atoms with Gasteiger partial charge in [-0.05, 0) is 267 Å². The van der Waals surface area contributed by atoms with E-state index in [9.17, 15) is 24.0 Å². The number of fused-ring (bicyclic) bond motifs is 4. The van der Waals surface area contributed by atoms with Gasteiger partial charge in [-0.15, -0.1) is 0 Å². The second-order valence-corrected chi connectivity index (χ2v) is 37.9. The standard InChI is InChI=1S/C31H30N6O.C30H28N6O.C29H24N6O2.C29H26N6O/c38-31(34-27-11-10-26(33-20-27)16-22-7-3-1-4-8-22)30-28-17-24(9-12-29(28)35-36-30)25-15-23(18-32-19-25)21-37-13-5-2-6-14-37;37-30(33-26-10-9-25(32-19-26)15-21-6-2-1-3-7-21)29-27-16-23(8-11-28(27)34-35-29)24-14-22(17-31-18-24)20-36-12-4-5-13-36;36-28(19-6-7-19)33-24-13-21(15-30-16-24)20-8-11-26-25(14-20)27(35-34-26)29(37)32-23-10-9-22(31-17-23)12-18-4-2-1-3-5-18;36-29(32-25-9-8-24(31-18-25)14-20-5-2-1-3-6-20)28-26-15-22(7-10-27(26)33-34-28)23-13-21(16-30-17-23)19-35-11-4-12-35/h1,3-4,7-12,15,17-20H,2,5-6,13-14,16,21H2,(H,34,38)(H,35,36);1-3,6-11,14,16-19H,4-5,12-13,15,20H2,(H,33,37)(H,34,35);1-5,8-11,13-17,19H,6-7,12H2,(H,32,37)(H,33,36)(H,34,35);1-3,5-10,13,15-18H,4,11-12,14,19H2,(H,32,36)(H,33,34). The zero-order valence-corrected chi connectivity index (χ0v) is 81.5. The lowest BCUT2D eigenvalue weighted by Gasteiger charge is -2.30. The molecule has 1 aliphatic carbocycles. The monoisotopic (exact) mass is 1950 g/mol. The summed E-state index contributed by atoms with van der Waals surface area (Å²) in [6, 6.07) is 88.0. The fraction of sp³-hybridized carbons (Fsp3) is 0.185. The second kappa shape index (κ2) is 45.8. The van der Waals surface area contributed by atoms with Crippen LogP contribution >= 0.6 is 0 Å². The Kier molecular flexibility index (Phi) is 29.8. The van der Waals surface area contributed by atoms with Crippen LogP contribution in [0.2, 0.25) is 0 Å². The minimum Gasteiger partial charge on any atom is -0.324 e. The molecule has 12 aromatic heterocycles. The number of H-pyrrole nitrogens is 4. The summed E-state index contributed by atoms with van der Waals surface area (Å²) in [7, 11) is 0. The molecule has 148 heavy (non-hydrogen) atoms. The fourth-order valence-electron chi connectivity index (χ4n) is 18.7. The molecule has 3 aliphatic heterocycles. The molecule has 29 heteroatoms. The van der Waals surface area contributed by atoms with Crippen LogP contribution < -0.4 is 26.6 Å². The van der Waals surface area contributed by atoms with E-state index in [0.29, 0.717) is 50.9 Å². The van der Waals surface area contributed by atoms with Crippen molar-refractivity contribution in [1.82, 2.24) is 95.4 Å². The molecule has 0 spiro atoms. The second-order valence-electron chi connectivity index (χ2n) is 37.9. The first kappa shape index (κ1) is 96.2. The van der Waals surface area contributed by atoms with Crippen LogP contribution in [-0.4, -0.2) is 164 Å². The Labute approximate surface area is 854 Å². The Hall–Kier alpha value is -17.9. The summed E-state index contributed by atoms with van der Waals surface area (Å²) in [5.74, 6) is -1.01. The normalized spacial score (nSPS) is 13.5. The number of hydrogen-bond acceptors (Lipinski definition) is 20. The van der Waals surface area contributed by atoms with Gasteiger partial charge in [0.25, 0.3) is 23.6 Å². The summed E-state index contributed by atoms with van der Waals surface area (Å²) >= 11 is 0. The van der Waals surface area contributed by atoms with E-state index < -0.39 is 0 Å². The molecule has 5 amide bonds. The molecule has 734 valence electrons. The Morgan fingerprint density at radius 3 is 0.797 bits per heavy atom. The minimum absolute atomic E-state index is 0.0331. The number of nitrogens with zero attached hydrogens (tertiary/aromatic N) is 15. The van der Waals surface area contributed by atoms with Crippen molar-refractivity contribution in [3.8, 4) is 44.5 Å². The summed E-state index contributed by atoms with van der Waals surface area (Å²) in [5.41, 5.74) is 27.6. The topological polar surface area (TPSA) is 373 Å². The van der Waals surface area contributed by atoms with Crippen LogP contribution in [0.25, 0.3) is 88.1 Å². The van der Waals surface area contributed by atoms with Gasteiger partial charge < -0.3 is 26.6 Å². The van der Waals surface area contributed by atoms with Crippen LogP contribution in [0.15, 0.2) is 341 Å². The van der Waals surface area contributed by atoms with Crippen molar-refractivity contribution in [3.63, 3.8) is 0 Å². The number of carbonyl (C=O) groups is 5. The highest BCUT2D eigenvalue weighted by molar-refractivity contribution is 6.15. The first-order valence-electron chi connectivity index (χ1n) is 50.2. The molecule has 1 saturated carbocycles. The van der Waals surface area contributed by atoms with E-state index in [1.54, 1.807) is 37.2 Å². The number of aromatic amines is 4. The van der Waals surface area contributed by atoms with E-state index in [2.05, 4.69) is 189 Å². The number of likely N-dealkylation sites (tertiary alicyclic amines) is 3. The van der Waals surface area contributed by atoms with E-state index in [1.807, 2.05) is 237 Å². The number of nitrogens with one attached hydrogen (secondary N) is 9. The van der Waals surface area contributed by atoms with Crippen molar-refractivity contribution in [2.24, 2.45) is 5.92 Å². The van der Waals surface area contributed by atoms with Crippen LogP contribution in [0.1, 0.15) is 155 Å². The third-order valence-corrected chi connectivity index (χ3v) is 26.8. The van der Waals surface area contributed by atoms with Crippen molar-refractivity contribution < 1.29 is 24.0 Å². The van der Waals surface area contributed by atoms with Gasteiger partial charge in [0.05, 0.1) is 81.5 Å². The molecular formula is C119H108N24O5. The predicted molar refractivity (Wildman–Crippen MR) is 578 cm³/mol. The SMILES string of the molecule is O=C(Nc1ccc(Cc2ccccc2)nc1)c1n[nH]c2ccc(-c3cncc(CN4CCC4)c3)cc12.O=C(Nc1ccc(Cc2ccccc2)nc1)c1n[nH]c2ccc(-c3cncc(CN4CCCC4)c3)cc12.O=C(Nc1ccc(Cc2ccccc2)nc1)c1n[nH]c2ccc(-c3cncc(CN4CCCCC4)c3)cc12.O=C(Nc1ccc(Cc2ccccc2)nc1)c1n[nH]c2ccc(-c3cncc(NC(=O)C4CC4)c3)cc12. The van der Waals surface area contributed by atoms with Gasteiger partial charge in [0.2, 0.25) is 5.91 Å². The molecule has 3 saturated heterocycles. The highest BCUT2D eigenvalue weighted by atomic mass is 16.2. The van der Waals surface area contributed by atoms with E-state index in [1.165, 1.54) is 77.5 Å². The van der Waals surface area contributed by atoms with Crippen LogP contribution in [0.5, 0.6) is 0 Å². The summed E-state index contributed by atoms with van der Waals surface area (Å²) in [6.45, 7) is 9.64. The number of anilines is 5. The molecule has 29 nitrogen and oxygen atoms in total. The highest BCUT2D eigenvalue weighted by Crippen LogP contribution is 2.36. The zero-order valence-electron chi connectivity index (χ0n) is 81.5. The van der Waals surface area contributed by atoms with Gasteiger partial charge >= 0.3 is 0 Å². The molecule has 0 atom stereocenters. The van der Waals surface area contributed by atoms with E-state index >= 15 is 0 Å². The lowest BCUT2D eigenvalue weighted by molar-refractivity contribution is -0.117. The third kappa shape index (κ3) is 24.6. The average Bonchev–Trinajstić information content (AvgIpc) is 1.66. The van der Waals surface area contributed by atoms with Gasteiger partial charge in [-0.25, -0.2) is 0 Å². The molecule has 20 aromatic rings. The number of rotatable bonds is 28. The number of hydrogen-bond donors (Lipinski definition) is 9. The van der Waals surface area contributed by atoms with Crippen LogP contribution in [0.4, 0.5) is 28.4 Å².